The van der Waals surface area contributed by atoms with E-state index in [4.69, 9.17) is 5.11 Å². The third kappa shape index (κ3) is 2.83. The number of carbonyl (C=O) groups is 2. The van der Waals surface area contributed by atoms with Gasteiger partial charge in [-0.3, -0.25) is 9.48 Å². The molecule has 0 aliphatic carbocycles. The van der Waals surface area contributed by atoms with Gasteiger partial charge in [-0.15, -0.1) is 0 Å². The number of aryl methyl sites for hydroxylation is 1. The Morgan fingerprint density at radius 2 is 2.12 bits per heavy atom. The monoisotopic (exact) mass is 240 g/mol. The molecule has 0 atom stereocenters. The Bertz CT molecular complexity index is 448. The maximum atomic E-state index is 11.5. The smallest absolute Gasteiger partial charge is 0.358 e. The summed E-state index contributed by atoms with van der Waals surface area (Å²) < 4.78 is 6.11. The number of methoxy groups -OCH3 is 1. The van der Waals surface area contributed by atoms with Crippen LogP contribution < -0.4 is 0 Å². The Hall–Kier alpha value is -1.85. The topological polar surface area (TPSA) is 81.4 Å². The summed E-state index contributed by atoms with van der Waals surface area (Å²) in [5.41, 5.74) is 0.0689. The minimum atomic E-state index is -0.922. The number of carboxylic acid groups (broad SMARTS) is 1. The van der Waals surface area contributed by atoms with Gasteiger partial charge in [0.2, 0.25) is 0 Å². The van der Waals surface area contributed by atoms with Crippen LogP contribution in [0.5, 0.6) is 0 Å². The number of ether oxygens (including phenoxy) is 1. The Morgan fingerprint density at radius 1 is 1.53 bits per heavy atom. The Labute approximate surface area is 99.2 Å². The van der Waals surface area contributed by atoms with Crippen LogP contribution >= 0.6 is 0 Å². The van der Waals surface area contributed by atoms with Crippen LogP contribution in [-0.4, -0.2) is 33.9 Å². The van der Waals surface area contributed by atoms with E-state index >= 15 is 0 Å². The van der Waals surface area contributed by atoms with E-state index in [1.54, 1.807) is 27.1 Å². The maximum absolute atomic E-state index is 11.5. The van der Waals surface area contributed by atoms with Crippen molar-refractivity contribution in [3.05, 3.63) is 17.5 Å². The second-order valence-electron chi connectivity index (χ2n) is 4.51. The summed E-state index contributed by atoms with van der Waals surface area (Å²) in [6.45, 7) is 3.51. The molecule has 0 spiro atoms. The molecule has 0 radical (unpaired) electrons. The number of hydrogen-bond donors (Lipinski definition) is 1. The second-order valence-corrected chi connectivity index (χ2v) is 4.51. The first-order valence-electron chi connectivity index (χ1n) is 5.12. The summed E-state index contributed by atoms with van der Waals surface area (Å²) in [4.78, 5) is 22.3. The van der Waals surface area contributed by atoms with E-state index in [0.717, 1.165) is 0 Å². The zero-order valence-electron chi connectivity index (χ0n) is 10.4. The molecule has 1 rings (SSSR count). The van der Waals surface area contributed by atoms with Gasteiger partial charge in [-0.1, -0.05) is 13.8 Å². The van der Waals surface area contributed by atoms with E-state index in [1.165, 1.54) is 11.8 Å². The van der Waals surface area contributed by atoms with E-state index in [0.29, 0.717) is 5.56 Å². The lowest BCUT2D eigenvalue weighted by Crippen LogP contribution is -2.24. The Balaban J connectivity index is 3.20. The van der Waals surface area contributed by atoms with Crippen molar-refractivity contribution in [2.24, 2.45) is 7.05 Å². The highest BCUT2D eigenvalue weighted by Gasteiger charge is 2.31. The van der Waals surface area contributed by atoms with Crippen LogP contribution in [0.2, 0.25) is 0 Å². The molecule has 0 unspecified atom stereocenters. The van der Waals surface area contributed by atoms with Gasteiger partial charge >= 0.3 is 11.9 Å². The quantitative estimate of drug-likeness (QED) is 0.793. The second kappa shape index (κ2) is 4.57. The first kappa shape index (κ1) is 13.2. The highest BCUT2D eigenvalue weighted by molar-refractivity contribution is 5.89. The van der Waals surface area contributed by atoms with Crippen LogP contribution in [0.1, 0.15) is 36.3 Å². The van der Waals surface area contributed by atoms with E-state index in [-0.39, 0.29) is 12.1 Å². The lowest BCUT2D eigenvalue weighted by Gasteiger charge is -2.21. The molecule has 0 aromatic carbocycles. The molecule has 0 amide bonds. The standard InChI is InChI=1S/C11H16N2O4/c1-11(2,5-8(14)15)7-6-13(3)12-9(7)10(16)17-4/h6H,5H2,1-4H3,(H,14,15). The van der Waals surface area contributed by atoms with Crippen molar-refractivity contribution >= 4 is 11.9 Å². The highest BCUT2D eigenvalue weighted by Crippen LogP contribution is 2.29. The lowest BCUT2D eigenvalue weighted by molar-refractivity contribution is -0.138. The van der Waals surface area contributed by atoms with Gasteiger partial charge in [-0.2, -0.15) is 5.10 Å². The van der Waals surface area contributed by atoms with Crippen molar-refractivity contribution < 1.29 is 19.4 Å². The molecule has 1 aromatic rings. The molecule has 17 heavy (non-hydrogen) atoms. The zero-order valence-corrected chi connectivity index (χ0v) is 10.4. The molecule has 0 aliphatic rings. The third-order valence-corrected chi connectivity index (χ3v) is 2.53. The predicted octanol–water partition coefficient (Wildman–Crippen LogP) is 0.959. The van der Waals surface area contributed by atoms with Gasteiger partial charge in [0.1, 0.15) is 0 Å². The average molecular weight is 240 g/mol. The summed E-state index contributed by atoms with van der Waals surface area (Å²) >= 11 is 0. The molecular weight excluding hydrogens is 224 g/mol. The molecule has 1 heterocycles. The fourth-order valence-corrected chi connectivity index (χ4v) is 1.70. The molecular formula is C11H16N2O4. The Morgan fingerprint density at radius 3 is 2.59 bits per heavy atom. The molecule has 1 aromatic heterocycles. The molecule has 1 N–H and O–H groups in total. The first-order valence-corrected chi connectivity index (χ1v) is 5.12. The number of carboxylic acids is 1. The lowest BCUT2D eigenvalue weighted by atomic mass is 9.82. The normalized spacial score (nSPS) is 11.3. The maximum Gasteiger partial charge on any atom is 0.358 e. The van der Waals surface area contributed by atoms with Crippen molar-refractivity contribution in [1.82, 2.24) is 9.78 Å². The molecule has 0 fully saturated rings. The summed E-state index contributed by atoms with van der Waals surface area (Å²) in [6, 6.07) is 0. The molecule has 0 bridgehead atoms. The molecule has 6 heteroatoms. The van der Waals surface area contributed by atoms with E-state index in [2.05, 4.69) is 9.84 Å². The largest absolute Gasteiger partial charge is 0.481 e. The molecule has 6 nitrogen and oxygen atoms in total. The van der Waals surface area contributed by atoms with Crippen molar-refractivity contribution in [2.45, 2.75) is 25.7 Å². The first-order chi connectivity index (χ1) is 7.77. The van der Waals surface area contributed by atoms with Gasteiger partial charge < -0.3 is 9.84 Å². The number of esters is 1. The predicted molar refractivity (Wildman–Crippen MR) is 59.8 cm³/mol. The molecule has 0 saturated heterocycles. The third-order valence-electron chi connectivity index (χ3n) is 2.53. The molecule has 0 saturated carbocycles. The number of rotatable bonds is 4. The number of nitrogens with zero attached hydrogens (tertiary/aromatic N) is 2. The number of hydrogen-bond acceptors (Lipinski definition) is 4. The minimum Gasteiger partial charge on any atom is -0.481 e. The van der Waals surface area contributed by atoms with Crippen molar-refractivity contribution in [2.75, 3.05) is 7.11 Å². The van der Waals surface area contributed by atoms with Crippen molar-refractivity contribution in [1.29, 1.82) is 0 Å². The average Bonchev–Trinajstić information content (AvgIpc) is 2.58. The SMILES string of the molecule is COC(=O)c1nn(C)cc1C(C)(C)CC(=O)O. The van der Waals surface area contributed by atoms with Crippen LogP contribution in [-0.2, 0) is 22.0 Å². The van der Waals surface area contributed by atoms with Gasteiger partial charge in [-0.05, 0) is 0 Å². The summed E-state index contributed by atoms with van der Waals surface area (Å²) in [6.07, 6.45) is 1.57. The summed E-state index contributed by atoms with van der Waals surface area (Å²) in [5.74, 6) is -1.48. The number of carbonyl (C=O) groups excluding carboxylic acids is 1. The number of aromatic nitrogens is 2. The van der Waals surface area contributed by atoms with Crippen LogP contribution in [0.4, 0.5) is 0 Å². The fraction of sp³-hybridized carbons (Fsp3) is 0.545. The van der Waals surface area contributed by atoms with Crippen molar-refractivity contribution in [3.8, 4) is 0 Å². The van der Waals surface area contributed by atoms with E-state index < -0.39 is 17.4 Å². The van der Waals surface area contributed by atoms with Crippen LogP contribution in [0.3, 0.4) is 0 Å². The Kier molecular flexibility index (Phi) is 3.55. The van der Waals surface area contributed by atoms with Gasteiger partial charge in [0, 0.05) is 24.2 Å². The zero-order chi connectivity index (χ0) is 13.2. The van der Waals surface area contributed by atoms with Gasteiger partial charge in [-0.25, -0.2) is 4.79 Å². The van der Waals surface area contributed by atoms with Gasteiger partial charge in [0.05, 0.1) is 13.5 Å². The fourth-order valence-electron chi connectivity index (χ4n) is 1.70. The summed E-state index contributed by atoms with van der Waals surface area (Å²) in [7, 11) is 2.94. The van der Waals surface area contributed by atoms with Crippen LogP contribution in [0.15, 0.2) is 6.20 Å². The van der Waals surface area contributed by atoms with Gasteiger partial charge in [0.25, 0.3) is 0 Å². The highest BCUT2D eigenvalue weighted by atomic mass is 16.5. The van der Waals surface area contributed by atoms with Crippen LogP contribution in [0.25, 0.3) is 0 Å². The minimum absolute atomic E-state index is 0.0807. The van der Waals surface area contributed by atoms with Gasteiger partial charge in [0.15, 0.2) is 5.69 Å². The van der Waals surface area contributed by atoms with Crippen molar-refractivity contribution in [3.63, 3.8) is 0 Å². The van der Waals surface area contributed by atoms with E-state index in [9.17, 15) is 9.59 Å². The van der Waals surface area contributed by atoms with Crippen LogP contribution in [0, 0.1) is 0 Å². The molecule has 94 valence electrons. The number of aliphatic carboxylic acids is 1. The molecule has 0 aliphatic heterocycles. The van der Waals surface area contributed by atoms with E-state index in [1.807, 2.05) is 0 Å². The summed E-state index contributed by atoms with van der Waals surface area (Å²) in [5, 5.41) is 12.9.